The van der Waals surface area contributed by atoms with Crippen LogP contribution in [0.1, 0.15) is 32.1 Å². The quantitative estimate of drug-likeness (QED) is 0.485. The molecule has 116 valence electrons. The Hall–Kier alpha value is -0.910. The number of carbonyl (C=O) groups excluding carboxylic acids is 1. The number of likely N-dealkylation sites (tertiary alicyclic amines) is 1. The third-order valence-corrected chi connectivity index (χ3v) is 3.41. The second-order valence-electron chi connectivity index (χ2n) is 5.06. The van der Waals surface area contributed by atoms with Crippen LogP contribution >= 0.6 is 0 Å². The zero-order chi connectivity index (χ0) is 14.6. The first-order valence-electron chi connectivity index (χ1n) is 7.56. The van der Waals surface area contributed by atoms with Crippen LogP contribution in [0.4, 0.5) is 0 Å². The van der Waals surface area contributed by atoms with Gasteiger partial charge in [0.1, 0.15) is 0 Å². The fourth-order valence-corrected chi connectivity index (χ4v) is 2.26. The van der Waals surface area contributed by atoms with Crippen molar-refractivity contribution in [2.24, 2.45) is 5.73 Å². The maximum absolute atomic E-state index is 12.0. The van der Waals surface area contributed by atoms with Gasteiger partial charge in [0.05, 0.1) is 12.7 Å². The minimum absolute atomic E-state index is 0.229. The molecule has 0 aliphatic carbocycles. The number of hydrogen-bond donors (Lipinski definition) is 1. The third kappa shape index (κ3) is 7.03. The van der Waals surface area contributed by atoms with Gasteiger partial charge in [0.15, 0.2) is 0 Å². The van der Waals surface area contributed by atoms with Crippen molar-refractivity contribution in [1.29, 1.82) is 0 Å². The molecule has 1 aliphatic rings. The molecule has 0 spiro atoms. The van der Waals surface area contributed by atoms with Crippen LogP contribution in [0.3, 0.4) is 0 Å². The van der Waals surface area contributed by atoms with Crippen LogP contribution in [0.25, 0.3) is 0 Å². The minimum atomic E-state index is 0.229. The molecule has 0 bridgehead atoms. The Balaban J connectivity index is 2.07. The molecule has 0 aromatic heterocycles. The van der Waals surface area contributed by atoms with E-state index in [1.54, 1.807) is 6.08 Å². The van der Waals surface area contributed by atoms with Crippen molar-refractivity contribution in [2.75, 3.05) is 39.5 Å². The van der Waals surface area contributed by atoms with Gasteiger partial charge in [0, 0.05) is 32.7 Å². The second kappa shape index (κ2) is 10.8. The highest BCUT2D eigenvalue weighted by molar-refractivity contribution is 5.76. The molecule has 20 heavy (non-hydrogen) atoms. The molecule has 0 aromatic rings. The summed E-state index contributed by atoms with van der Waals surface area (Å²) in [6, 6.07) is 0. The van der Waals surface area contributed by atoms with Crippen molar-refractivity contribution >= 4 is 5.91 Å². The van der Waals surface area contributed by atoms with E-state index in [0.29, 0.717) is 32.3 Å². The summed E-state index contributed by atoms with van der Waals surface area (Å²) < 4.78 is 11.0. The Morgan fingerprint density at radius 3 is 2.70 bits per heavy atom. The largest absolute Gasteiger partial charge is 0.378 e. The van der Waals surface area contributed by atoms with E-state index in [-0.39, 0.29) is 5.91 Å². The van der Waals surface area contributed by atoms with E-state index in [9.17, 15) is 4.79 Å². The number of amides is 1. The molecule has 1 aliphatic heterocycles. The second-order valence-corrected chi connectivity index (χ2v) is 5.06. The Kier molecular flexibility index (Phi) is 9.28. The highest BCUT2D eigenvalue weighted by Gasteiger charge is 2.22. The van der Waals surface area contributed by atoms with Crippen molar-refractivity contribution in [1.82, 2.24) is 4.90 Å². The van der Waals surface area contributed by atoms with Crippen LogP contribution in [0.5, 0.6) is 0 Å². The van der Waals surface area contributed by atoms with Crippen molar-refractivity contribution in [3.63, 3.8) is 0 Å². The van der Waals surface area contributed by atoms with E-state index in [1.165, 1.54) is 0 Å². The van der Waals surface area contributed by atoms with Crippen molar-refractivity contribution in [3.05, 3.63) is 12.7 Å². The molecular formula is C15H28N2O3. The van der Waals surface area contributed by atoms with E-state index < -0.39 is 0 Å². The summed E-state index contributed by atoms with van der Waals surface area (Å²) in [5, 5.41) is 0. The van der Waals surface area contributed by atoms with E-state index in [2.05, 4.69) is 6.58 Å². The van der Waals surface area contributed by atoms with Crippen LogP contribution in [0, 0.1) is 0 Å². The van der Waals surface area contributed by atoms with E-state index in [1.807, 2.05) is 4.90 Å². The lowest BCUT2D eigenvalue weighted by Crippen LogP contribution is -2.41. The van der Waals surface area contributed by atoms with Gasteiger partial charge in [-0.25, -0.2) is 0 Å². The van der Waals surface area contributed by atoms with Crippen molar-refractivity contribution in [3.8, 4) is 0 Å². The van der Waals surface area contributed by atoms with E-state index in [0.717, 1.165) is 45.4 Å². The normalized spacial score (nSPS) is 16.4. The molecular weight excluding hydrogens is 256 g/mol. The molecule has 1 heterocycles. The molecule has 0 atom stereocenters. The average molecular weight is 284 g/mol. The van der Waals surface area contributed by atoms with Crippen molar-refractivity contribution in [2.45, 2.75) is 38.2 Å². The first kappa shape index (κ1) is 17.1. The highest BCUT2D eigenvalue weighted by atomic mass is 16.5. The van der Waals surface area contributed by atoms with E-state index in [4.69, 9.17) is 15.2 Å². The van der Waals surface area contributed by atoms with Crippen molar-refractivity contribution < 1.29 is 14.3 Å². The lowest BCUT2D eigenvalue weighted by Gasteiger charge is -2.32. The van der Waals surface area contributed by atoms with Crippen LogP contribution < -0.4 is 5.73 Å². The number of carbonyl (C=O) groups is 1. The van der Waals surface area contributed by atoms with Gasteiger partial charge in [-0.1, -0.05) is 6.08 Å². The van der Waals surface area contributed by atoms with Gasteiger partial charge in [-0.3, -0.25) is 4.79 Å². The first-order chi connectivity index (χ1) is 9.77. The zero-order valence-electron chi connectivity index (χ0n) is 12.4. The number of rotatable bonds is 10. The molecule has 1 amide bonds. The Labute approximate surface area is 122 Å². The summed E-state index contributed by atoms with van der Waals surface area (Å²) in [5.74, 6) is 0.229. The number of hydrogen-bond acceptors (Lipinski definition) is 4. The van der Waals surface area contributed by atoms with Gasteiger partial charge in [0.25, 0.3) is 0 Å². The molecule has 5 nitrogen and oxygen atoms in total. The fraction of sp³-hybridized carbons (Fsp3) is 0.800. The maximum Gasteiger partial charge on any atom is 0.222 e. The van der Waals surface area contributed by atoms with Gasteiger partial charge in [0.2, 0.25) is 5.91 Å². The summed E-state index contributed by atoms with van der Waals surface area (Å²) in [6.45, 7) is 7.77. The highest BCUT2D eigenvalue weighted by Crippen LogP contribution is 2.15. The minimum Gasteiger partial charge on any atom is -0.378 e. The van der Waals surface area contributed by atoms with Crippen LogP contribution in [-0.2, 0) is 14.3 Å². The Morgan fingerprint density at radius 1 is 1.30 bits per heavy atom. The van der Waals surface area contributed by atoms with E-state index >= 15 is 0 Å². The Bertz CT molecular complexity index is 276. The third-order valence-electron chi connectivity index (χ3n) is 3.41. The SMILES string of the molecule is C=CCOCCCC(=O)N1CCC(OCCCN)CC1. The molecule has 1 fully saturated rings. The number of piperidine rings is 1. The zero-order valence-corrected chi connectivity index (χ0v) is 12.4. The number of nitrogens with zero attached hydrogens (tertiary/aromatic N) is 1. The lowest BCUT2D eigenvalue weighted by atomic mass is 10.1. The lowest BCUT2D eigenvalue weighted by molar-refractivity contribution is -0.134. The molecule has 1 rings (SSSR count). The smallest absolute Gasteiger partial charge is 0.222 e. The summed E-state index contributed by atoms with van der Waals surface area (Å²) in [4.78, 5) is 13.9. The van der Waals surface area contributed by atoms with Gasteiger partial charge >= 0.3 is 0 Å². The van der Waals surface area contributed by atoms with Gasteiger partial charge in [-0.05, 0) is 32.2 Å². The van der Waals surface area contributed by atoms with Gasteiger partial charge in [-0.2, -0.15) is 0 Å². The van der Waals surface area contributed by atoms with Crippen LogP contribution in [0.15, 0.2) is 12.7 Å². The molecule has 0 radical (unpaired) electrons. The maximum atomic E-state index is 12.0. The molecule has 0 aromatic carbocycles. The molecule has 0 saturated carbocycles. The van der Waals surface area contributed by atoms with Crippen LogP contribution in [-0.4, -0.2) is 56.4 Å². The van der Waals surface area contributed by atoms with Gasteiger partial charge < -0.3 is 20.1 Å². The van der Waals surface area contributed by atoms with Gasteiger partial charge in [-0.15, -0.1) is 6.58 Å². The summed E-state index contributed by atoms with van der Waals surface area (Å²) >= 11 is 0. The average Bonchev–Trinajstić information content (AvgIpc) is 2.48. The molecule has 5 heteroatoms. The van der Waals surface area contributed by atoms with Crippen LogP contribution in [0.2, 0.25) is 0 Å². The monoisotopic (exact) mass is 284 g/mol. The fourth-order valence-electron chi connectivity index (χ4n) is 2.26. The number of ether oxygens (including phenoxy) is 2. The summed E-state index contributed by atoms with van der Waals surface area (Å²) in [6.07, 6.45) is 6.13. The number of nitrogens with two attached hydrogens (primary N) is 1. The standard InChI is InChI=1S/C15H28N2O3/c1-2-11-19-12-3-5-15(18)17-9-6-14(7-10-17)20-13-4-8-16/h2,14H,1,3-13,16H2. The summed E-state index contributed by atoms with van der Waals surface area (Å²) in [5.41, 5.74) is 5.43. The molecule has 2 N–H and O–H groups in total. The topological polar surface area (TPSA) is 64.8 Å². The first-order valence-corrected chi connectivity index (χ1v) is 7.56. The predicted octanol–water partition coefficient (Wildman–Crippen LogP) is 1.33. The molecule has 0 unspecified atom stereocenters. The Morgan fingerprint density at radius 2 is 2.05 bits per heavy atom. The molecule has 1 saturated heterocycles. The predicted molar refractivity (Wildman–Crippen MR) is 79.5 cm³/mol. The summed E-state index contributed by atoms with van der Waals surface area (Å²) in [7, 11) is 0.